The Morgan fingerprint density at radius 3 is 2.48 bits per heavy atom. The molecule has 0 aliphatic carbocycles. The van der Waals surface area contributed by atoms with Gasteiger partial charge >= 0.3 is 5.97 Å². The highest BCUT2D eigenvalue weighted by atomic mass is 16.6. The molecule has 2 aromatic rings. The van der Waals surface area contributed by atoms with Gasteiger partial charge in [0.2, 0.25) is 5.90 Å². The number of nitrogens with zero attached hydrogens (tertiary/aromatic N) is 1. The number of carbonyl (C=O) groups excluding carboxylic acids is 1. The summed E-state index contributed by atoms with van der Waals surface area (Å²) in [6.07, 6.45) is 1.75. The van der Waals surface area contributed by atoms with Gasteiger partial charge in [-0.3, -0.25) is 0 Å². The van der Waals surface area contributed by atoms with E-state index in [0.717, 1.165) is 11.1 Å². The first-order valence-corrected chi connectivity index (χ1v) is 6.79. The van der Waals surface area contributed by atoms with Crippen LogP contribution >= 0.6 is 0 Å². The van der Waals surface area contributed by atoms with E-state index in [1.807, 2.05) is 55.5 Å². The van der Waals surface area contributed by atoms with Crippen molar-refractivity contribution in [3.8, 4) is 0 Å². The van der Waals surface area contributed by atoms with Gasteiger partial charge in [-0.05, 0) is 48.7 Å². The molecule has 0 amide bonds. The highest BCUT2D eigenvalue weighted by Gasteiger charge is 2.23. The molecule has 104 valence electrons. The molecule has 0 saturated carbocycles. The van der Waals surface area contributed by atoms with Crippen LogP contribution in [0.2, 0.25) is 0 Å². The zero-order valence-electron chi connectivity index (χ0n) is 12.0. The summed E-state index contributed by atoms with van der Waals surface area (Å²) in [5, 5.41) is 0. The standard InChI is InChI=1S/C18H15NO2/c1-12-8-9-14(10-13(12)2)11-16-18(20)21-17(19-16)15-6-4-3-5-7-15/h3-11H,1-2H3/b16-11+. The summed E-state index contributed by atoms with van der Waals surface area (Å²) in [4.78, 5) is 16.2. The lowest BCUT2D eigenvalue weighted by Gasteiger charge is -2.00. The summed E-state index contributed by atoms with van der Waals surface area (Å²) < 4.78 is 5.23. The Balaban J connectivity index is 1.95. The van der Waals surface area contributed by atoms with E-state index in [9.17, 15) is 4.79 Å². The number of hydrogen-bond donors (Lipinski definition) is 0. The smallest absolute Gasteiger partial charge is 0.363 e. The van der Waals surface area contributed by atoms with Crippen LogP contribution < -0.4 is 0 Å². The molecule has 0 fully saturated rings. The molecule has 0 N–H and O–H groups in total. The van der Waals surface area contributed by atoms with E-state index in [1.165, 1.54) is 11.1 Å². The van der Waals surface area contributed by atoms with Crippen molar-refractivity contribution in [2.24, 2.45) is 4.99 Å². The molecule has 1 heterocycles. The van der Waals surface area contributed by atoms with Gasteiger partial charge in [0.1, 0.15) is 0 Å². The predicted octanol–water partition coefficient (Wildman–Crippen LogP) is 3.65. The summed E-state index contributed by atoms with van der Waals surface area (Å²) in [5.74, 6) is -0.0530. The van der Waals surface area contributed by atoms with Crippen LogP contribution in [0.15, 0.2) is 59.2 Å². The third-order valence-corrected chi connectivity index (χ3v) is 3.48. The fourth-order valence-corrected chi connectivity index (χ4v) is 2.13. The molecular formula is C18H15NO2. The molecule has 3 rings (SSSR count). The number of carbonyl (C=O) groups is 1. The number of benzene rings is 2. The molecule has 3 heteroatoms. The van der Waals surface area contributed by atoms with E-state index in [2.05, 4.69) is 11.9 Å². The monoisotopic (exact) mass is 277 g/mol. The van der Waals surface area contributed by atoms with E-state index in [4.69, 9.17) is 4.74 Å². The molecule has 0 spiro atoms. The van der Waals surface area contributed by atoms with Crippen LogP contribution in [0.3, 0.4) is 0 Å². The first-order valence-electron chi connectivity index (χ1n) is 6.79. The molecule has 1 aliphatic rings. The molecule has 0 unspecified atom stereocenters. The third-order valence-electron chi connectivity index (χ3n) is 3.48. The van der Waals surface area contributed by atoms with E-state index in [-0.39, 0.29) is 0 Å². The van der Waals surface area contributed by atoms with Crippen LogP contribution in [0.4, 0.5) is 0 Å². The van der Waals surface area contributed by atoms with Gasteiger partial charge < -0.3 is 4.74 Å². The Morgan fingerprint density at radius 2 is 1.76 bits per heavy atom. The quantitative estimate of drug-likeness (QED) is 0.621. The minimum Gasteiger partial charge on any atom is -0.402 e. The number of aryl methyl sites for hydroxylation is 2. The average Bonchev–Trinajstić information content (AvgIpc) is 2.85. The van der Waals surface area contributed by atoms with Crippen LogP contribution in [0.25, 0.3) is 6.08 Å². The zero-order chi connectivity index (χ0) is 14.8. The largest absolute Gasteiger partial charge is 0.402 e. The van der Waals surface area contributed by atoms with Gasteiger partial charge in [-0.25, -0.2) is 9.79 Å². The second kappa shape index (κ2) is 5.37. The lowest BCUT2D eigenvalue weighted by atomic mass is 10.1. The molecule has 0 saturated heterocycles. The van der Waals surface area contributed by atoms with Crippen molar-refractivity contribution >= 4 is 17.9 Å². The van der Waals surface area contributed by atoms with Gasteiger partial charge in [0.15, 0.2) is 5.70 Å². The van der Waals surface area contributed by atoms with Crippen molar-refractivity contribution in [1.29, 1.82) is 0 Å². The topological polar surface area (TPSA) is 38.7 Å². The van der Waals surface area contributed by atoms with Crippen molar-refractivity contribution in [2.45, 2.75) is 13.8 Å². The van der Waals surface area contributed by atoms with Crippen LogP contribution in [-0.2, 0) is 9.53 Å². The number of aliphatic imine (C=N–C) groups is 1. The van der Waals surface area contributed by atoms with Crippen molar-refractivity contribution < 1.29 is 9.53 Å². The van der Waals surface area contributed by atoms with E-state index >= 15 is 0 Å². The highest BCUT2D eigenvalue weighted by molar-refractivity contribution is 6.12. The maximum Gasteiger partial charge on any atom is 0.363 e. The Bertz CT molecular complexity index is 758. The molecule has 3 nitrogen and oxygen atoms in total. The van der Waals surface area contributed by atoms with Crippen LogP contribution in [0, 0.1) is 13.8 Å². The average molecular weight is 277 g/mol. The number of ether oxygens (including phenoxy) is 1. The summed E-state index contributed by atoms with van der Waals surface area (Å²) >= 11 is 0. The number of hydrogen-bond acceptors (Lipinski definition) is 3. The van der Waals surface area contributed by atoms with Gasteiger partial charge in [0, 0.05) is 5.56 Å². The Morgan fingerprint density at radius 1 is 1.00 bits per heavy atom. The van der Waals surface area contributed by atoms with Gasteiger partial charge in [-0.2, -0.15) is 0 Å². The molecule has 0 atom stereocenters. The van der Waals surface area contributed by atoms with Crippen molar-refractivity contribution in [1.82, 2.24) is 0 Å². The number of cyclic esters (lactones) is 1. The minimum atomic E-state index is -0.410. The molecule has 1 aliphatic heterocycles. The lowest BCUT2D eigenvalue weighted by molar-refractivity contribution is -0.129. The van der Waals surface area contributed by atoms with Gasteiger partial charge in [-0.1, -0.05) is 36.4 Å². The van der Waals surface area contributed by atoms with E-state index < -0.39 is 5.97 Å². The van der Waals surface area contributed by atoms with Crippen LogP contribution in [0.5, 0.6) is 0 Å². The van der Waals surface area contributed by atoms with Crippen molar-refractivity contribution in [3.05, 3.63) is 76.5 Å². The minimum absolute atomic E-state index is 0.331. The molecule has 0 aromatic heterocycles. The highest BCUT2D eigenvalue weighted by Crippen LogP contribution is 2.20. The fraction of sp³-hybridized carbons (Fsp3) is 0.111. The summed E-state index contributed by atoms with van der Waals surface area (Å²) in [6.45, 7) is 4.10. The first-order chi connectivity index (χ1) is 10.1. The Kier molecular flexibility index (Phi) is 3.40. The van der Waals surface area contributed by atoms with Gasteiger partial charge in [0.25, 0.3) is 0 Å². The fourth-order valence-electron chi connectivity index (χ4n) is 2.13. The van der Waals surface area contributed by atoms with E-state index in [0.29, 0.717) is 11.6 Å². The Labute approximate surface area is 123 Å². The molecule has 21 heavy (non-hydrogen) atoms. The second-order valence-corrected chi connectivity index (χ2v) is 5.05. The molecule has 0 bridgehead atoms. The molecule has 2 aromatic carbocycles. The van der Waals surface area contributed by atoms with Crippen molar-refractivity contribution in [3.63, 3.8) is 0 Å². The summed E-state index contributed by atoms with van der Waals surface area (Å²) in [7, 11) is 0. The SMILES string of the molecule is Cc1ccc(/C=C2/N=C(c3ccccc3)OC2=O)cc1C. The summed E-state index contributed by atoms with van der Waals surface area (Å²) in [5.41, 5.74) is 4.48. The van der Waals surface area contributed by atoms with Gasteiger partial charge in [0.05, 0.1) is 0 Å². The Hall–Kier alpha value is -2.68. The normalized spacial score (nSPS) is 16.0. The maximum atomic E-state index is 11.9. The predicted molar refractivity (Wildman–Crippen MR) is 83.0 cm³/mol. The third kappa shape index (κ3) is 2.77. The number of rotatable bonds is 2. The molecule has 0 radical (unpaired) electrons. The van der Waals surface area contributed by atoms with Crippen LogP contribution in [-0.4, -0.2) is 11.9 Å². The van der Waals surface area contributed by atoms with Crippen LogP contribution in [0.1, 0.15) is 22.3 Å². The maximum absolute atomic E-state index is 11.9. The first kappa shape index (κ1) is 13.3. The van der Waals surface area contributed by atoms with Crippen molar-refractivity contribution in [2.75, 3.05) is 0 Å². The van der Waals surface area contributed by atoms with Gasteiger partial charge in [-0.15, -0.1) is 0 Å². The summed E-state index contributed by atoms with van der Waals surface area (Å²) in [6, 6.07) is 15.4. The van der Waals surface area contributed by atoms with E-state index in [1.54, 1.807) is 6.08 Å². The number of esters is 1. The molecular weight excluding hydrogens is 262 g/mol. The lowest BCUT2D eigenvalue weighted by Crippen LogP contribution is -2.04. The second-order valence-electron chi connectivity index (χ2n) is 5.05. The zero-order valence-corrected chi connectivity index (χ0v) is 12.0.